The lowest BCUT2D eigenvalue weighted by atomic mass is 9.72. The zero-order valence-electron chi connectivity index (χ0n) is 10.4. The van der Waals surface area contributed by atoms with Gasteiger partial charge in [0.1, 0.15) is 10.6 Å². The lowest BCUT2D eigenvalue weighted by molar-refractivity contribution is -0.151. The zero-order chi connectivity index (χ0) is 13.3. The van der Waals surface area contributed by atoms with Crippen molar-refractivity contribution in [1.29, 1.82) is 0 Å². The van der Waals surface area contributed by atoms with E-state index in [-0.39, 0.29) is 17.8 Å². The van der Waals surface area contributed by atoms with E-state index in [0.717, 1.165) is 8.79 Å². The van der Waals surface area contributed by atoms with E-state index in [9.17, 15) is 9.90 Å². The molecule has 18 heavy (non-hydrogen) atoms. The molecule has 1 saturated carbocycles. The molecule has 0 saturated heterocycles. The fourth-order valence-electron chi connectivity index (χ4n) is 2.62. The molecule has 100 valence electrons. The SMILES string of the molecule is COC(=O)[C@@H]1CC[C@@](O)(c2ncc(Br)s2)C[C@H]1C. The van der Waals surface area contributed by atoms with Gasteiger partial charge >= 0.3 is 5.97 Å². The number of rotatable bonds is 2. The molecule has 0 amide bonds. The molecule has 0 spiro atoms. The first kappa shape index (κ1) is 14.0. The normalized spacial score (nSPS) is 32.2. The first-order valence-electron chi connectivity index (χ1n) is 5.88. The van der Waals surface area contributed by atoms with E-state index < -0.39 is 5.60 Å². The summed E-state index contributed by atoms with van der Waals surface area (Å²) in [7, 11) is 1.41. The number of aliphatic hydroxyl groups is 1. The van der Waals surface area contributed by atoms with Gasteiger partial charge in [-0.1, -0.05) is 6.92 Å². The summed E-state index contributed by atoms with van der Waals surface area (Å²) in [6.45, 7) is 1.98. The molecule has 1 heterocycles. The maximum Gasteiger partial charge on any atom is 0.308 e. The zero-order valence-corrected chi connectivity index (χ0v) is 12.8. The third-order valence-corrected chi connectivity index (χ3v) is 5.26. The van der Waals surface area contributed by atoms with Crippen molar-refractivity contribution >= 4 is 33.2 Å². The van der Waals surface area contributed by atoms with Crippen LogP contribution in [0.1, 0.15) is 31.2 Å². The van der Waals surface area contributed by atoms with Crippen molar-refractivity contribution in [2.45, 2.75) is 31.8 Å². The van der Waals surface area contributed by atoms with Gasteiger partial charge in [0.25, 0.3) is 0 Å². The summed E-state index contributed by atoms with van der Waals surface area (Å²) >= 11 is 4.81. The van der Waals surface area contributed by atoms with Gasteiger partial charge in [0, 0.05) is 0 Å². The van der Waals surface area contributed by atoms with Gasteiger partial charge in [-0.15, -0.1) is 11.3 Å². The van der Waals surface area contributed by atoms with Gasteiger partial charge in [0.2, 0.25) is 0 Å². The molecule has 1 aromatic heterocycles. The number of esters is 1. The van der Waals surface area contributed by atoms with Crippen LogP contribution in [0.15, 0.2) is 9.98 Å². The summed E-state index contributed by atoms with van der Waals surface area (Å²) in [6.07, 6.45) is 3.44. The first-order valence-corrected chi connectivity index (χ1v) is 7.49. The standard InChI is InChI=1S/C12H16BrNO3S/c1-7-5-12(16,11-14-6-9(13)18-11)4-3-8(7)10(15)17-2/h6-8,16H,3-5H2,1-2H3/t7-,8-,12+/m1/s1. The minimum absolute atomic E-state index is 0.0962. The Bertz CT molecular complexity index is 450. The molecule has 0 bridgehead atoms. The van der Waals surface area contributed by atoms with E-state index in [1.807, 2.05) is 6.92 Å². The Morgan fingerprint density at radius 1 is 1.72 bits per heavy atom. The van der Waals surface area contributed by atoms with Crippen LogP contribution < -0.4 is 0 Å². The summed E-state index contributed by atoms with van der Waals surface area (Å²) in [4.78, 5) is 15.8. The maximum absolute atomic E-state index is 11.6. The van der Waals surface area contributed by atoms with Crippen molar-refractivity contribution in [1.82, 2.24) is 4.98 Å². The predicted molar refractivity (Wildman–Crippen MR) is 72.2 cm³/mol. The van der Waals surface area contributed by atoms with Crippen LogP contribution in [0.4, 0.5) is 0 Å². The molecule has 0 unspecified atom stereocenters. The van der Waals surface area contributed by atoms with Crippen LogP contribution in [0.3, 0.4) is 0 Å². The van der Waals surface area contributed by atoms with Crippen molar-refractivity contribution in [3.8, 4) is 0 Å². The number of carbonyl (C=O) groups is 1. The Hall–Kier alpha value is -0.460. The third kappa shape index (κ3) is 2.60. The van der Waals surface area contributed by atoms with Crippen molar-refractivity contribution < 1.29 is 14.6 Å². The second kappa shape index (κ2) is 5.27. The Morgan fingerprint density at radius 3 is 2.94 bits per heavy atom. The summed E-state index contributed by atoms with van der Waals surface area (Å²) in [5.74, 6) is -0.192. The number of thiazole rings is 1. The van der Waals surface area contributed by atoms with Crippen molar-refractivity contribution in [2.24, 2.45) is 11.8 Å². The Labute approximate surface area is 119 Å². The van der Waals surface area contributed by atoms with Gasteiger partial charge in [-0.25, -0.2) is 4.98 Å². The quantitative estimate of drug-likeness (QED) is 0.845. The topological polar surface area (TPSA) is 59.4 Å². The smallest absolute Gasteiger partial charge is 0.308 e. The lowest BCUT2D eigenvalue weighted by Crippen LogP contribution is -2.39. The number of ether oxygens (including phenoxy) is 1. The van der Waals surface area contributed by atoms with E-state index >= 15 is 0 Å². The number of methoxy groups -OCH3 is 1. The van der Waals surface area contributed by atoms with Crippen LogP contribution in [-0.2, 0) is 15.1 Å². The Balaban J connectivity index is 2.14. The first-order chi connectivity index (χ1) is 8.46. The molecule has 0 radical (unpaired) electrons. The van der Waals surface area contributed by atoms with Gasteiger partial charge in [0.15, 0.2) is 0 Å². The summed E-state index contributed by atoms with van der Waals surface area (Å²) < 4.78 is 5.71. The van der Waals surface area contributed by atoms with Crippen molar-refractivity contribution in [3.05, 3.63) is 15.0 Å². The van der Waals surface area contributed by atoms with Gasteiger partial charge in [-0.3, -0.25) is 4.79 Å². The highest BCUT2D eigenvalue weighted by molar-refractivity contribution is 9.11. The molecule has 1 aliphatic rings. The fourth-order valence-corrected chi connectivity index (χ4v) is 3.95. The summed E-state index contributed by atoms with van der Waals surface area (Å²) in [6, 6.07) is 0. The van der Waals surface area contributed by atoms with Crippen LogP contribution in [0, 0.1) is 11.8 Å². The van der Waals surface area contributed by atoms with Gasteiger partial charge in [0.05, 0.1) is 23.0 Å². The molecule has 3 atom stereocenters. The van der Waals surface area contributed by atoms with E-state index in [1.54, 1.807) is 6.20 Å². The second-order valence-corrected chi connectivity index (χ2v) is 7.26. The molecular formula is C12H16BrNO3S. The van der Waals surface area contributed by atoms with Gasteiger partial charge in [-0.05, 0) is 41.1 Å². The van der Waals surface area contributed by atoms with E-state index in [1.165, 1.54) is 18.4 Å². The predicted octanol–water partition coefficient (Wildman–Crippen LogP) is 2.70. The average Bonchev–Trinajstić information content (AvgIpc) is 2.76. The van der Waals surface area contributed by atoms with Crippen molar-refractivity contribution in [3.63, 3.8) is 0 Å². The molecule has 0 aromatic carbocycles. The van der Waals surface area contributed by atoms with E-state index in [4.69, 9.17) is 4.74 Å². The lowest BCUT2D eigenvalue weighted by Gasteiger charge is -2.37. The molecule has 6 heteroatoms. The van der Waals surface area contributed by atoms with Gasteiger partial charge in [-0.2, -0.15) is 0 Å². The molecule has 1 aliphatic carbocycles. The Morgan fingerprint density at radius 2 is 2.44 bits per heavy atom. The van der Waals surface area contributed by atoms with Crippen LogP contribution in [0.5, 0.6) is 0 Å². The summed E-state index contributed by atoms with van der Waals surface area (Å²) in [5.41, 5.74) is -0.902. The maximum atomic E-state index is 11.6. The second-order valence-electron chi connectivity index (χ2n) is 4.85. The minimum Gasteiger partial charge on any atom is -0.469 e. The average molecular weight is 334 g/mol. The number of aromatic nitrogens is 1. The number of nitrogens with zero attached hydrogens (tertiary/aromatic N) is 1. The van der Waals surface area contributed by atoms with E-state index in [0.29, 0.717) is 19.3 Å². The minimum atomic E-state index is -0.902. The highest BCUT2D eigenvalue weighted by atomic mass is 79.9. The monoisotopic (exact) mass is 333 g/mol. The Kier molecular flexibility index (Phi) is 4.08. The highest BCUT2D eigenvalue weighted by Gasteiger charge is 2.43. The number of hydrogen-bond donors (Lipinski definition) is 1. The molecule has 4 nitrogen and oxygen atoms in total. The van der Waals surface area contributed by atoms with Crippen LogP contribution in [-0.4, -0.2) is 23.2 Å². The van der Waals surface area contributed by atoms with Crippen LogP contribution in [0.2, 0.25) is 0 Å². The largest absolute Gasteiger partial charge is 0.469 e. The number of halogens is 1. The molecule has 1 fully saturated rings. The molecule has 1 aromatic rings. The van der Waals surface area contributed by atoms with Gasteiger partial charge < -0.3 is 9.84 Å². The van der Waals surface area contributed by atoms with E-state index in [2.05, 4.69) is 20.9 Å². The highest BCUT2D eigenvalue weighted by Crippen LogP contribution is 2.44. The molecule has 1 N–H and O–H groups in total. The fraction of sp³-hybridized carbons (Fsp3) is 0.667. The van der Waals surface area contributed by atoms with Crippen LogP contribution in [0.25, 0.3) is 0 Å². The van der Waals surface area contributed by atoms with Crippen molar-refractivity contribution in [2.75, 3.05) is 7.11 Å². The molecular weight excluding hydrogens is 318 g/mol. The third-order valence-electron chi connectivity index (χ3n) is 3.59. The molecule has 0 aliphatic heterocycles. The van der Waals surface area contributed by atoms with Crippen LogP contribution >= 0.6 is 27.3 Å². The summed E-state index contributed by atoms with van der Waals surface area (Å²) in [5, 5.41) is 11.4. The molecule has 2 rings (SSSR count). The number of carbonyl (C=O) groups excluding carboxylic acids is 1. The number of hydrogen-bond acceptors (Lipinski definition) is 5.